The molecule has 2 aliphatic rings. The van der Waals surface area contributed by atoms with Crippen LogP contribution >= 0.6 is 0 Å². The second-order valence-electron chi connectivity index (χ2n) is 4.31. The first-order valence-electron chi connectivity index (χ1n) is 5.62. The van der Waals surface area contributed by atoms with E-state index in [1.807, 2.05) is 0 Å². The summed E-state index contributed by atoms with van der Waals surface area (Å²) in [4.78, 5) is 4.28. The van der Waals surface area contributed by atoms with Gasteiger partial charge in [-0.05, 0) is 31.6 Å². The Labute approximate surface area is 85.3 Å². The summed E-state index contributed by atoms with van der Waals surface area (Å²) >= 11 is 0. The Morgan fingerprint density at radius 1 is 1.50 bits per heavy atom. The Bertz CT molecular complexity index is 214. The van der Waals surface area contributed by atoms with Gasteiger partial charge in [0.2, 0.25) is 0 Å². The third-order valence-electron chi connectivity index (χ3n) is 3.10. The zero-order chi connectivity index (χ0) is 9.80. The molecule has 0 saturated heterocycles. The molecule has 1 saturated carbocycles. The lowest BCUT2D eigenvalue weighted by Crippen LogP contribution is -2.34. The predicted molar refractivity (Wildman–Crippen MR) is 58.2 cm³/mol. The van der Waals surface area contributed by atoms with Gasteiger partial charge in [-0.25, -0.2) is 0 Å². The molecule has 0 amide bonds. The molecule has 4 heteroatoms. The summed E-state index contributed by atoms with van der Waals surface area (Å²) in [6.07, 6.45) is 4.96. The van der Waals surface area contributed by atoms with E-state index in [-0.39, 0.29) is 0 Å². The minimum atomic E-state index is 0.460. The Morgan fingerprint density at radius 2 is 2.43 bits per heavy atom. The second-order valence-corrected chi connectivity index (χ2v) is 4.31. The minimum absolute atomic E-state index is 0.460. The first-order valence-corrected chi connectivity index (χ1v) is 5.62. The maximum absolute atomic E-state index is 5.86. The van der Waals surface area contributed by atoms with Crippen LogP contribution in [0.1, 0.15) is 25.7 Å². The molecule has 2 atom stereocenters. The van der Waals surface area contributed by atoms with Crippen molar-refractivity contribution in [3.8, 4) is 0 Å². The van der Waals surface area contributed by atoms with Crippen LogP contribution in [0.3, 0.4) is 0 Å². The van der Waals surface area contributed by atoms with Gasteiger partial charge in [0.25, 0.3) is 0 Å². The van der Waals surface area contributed by atoms with Crippen LogP contribution in [-0.4, -0.2) is 31.6 Å². The third kappa shape index (κ3) is 2.61. The lowest BCUT2D eigenvalue weighted by Gasteiger charge is -2.10. The molecule has 14 heavy (non-hydrogen) atoms. The summed E-state index contributed by atoms with van der Waals surface area (Å²) in [5, 5.41) is 6.53. The van der Waals surface area contributed by atoms with Gasteiger partial charge in [0.05, 0.1) is 6.54 Å². The van der Waals surface area contributed by atoms with Crippen LogP contribution in [-0.2, 0) is 0 Å². The summed E-state index contributed by atoms with van der Waals surface area (Å²) < 4.78 is 0. The van der Waals surface area contributed by atoms with Gasteiger partial charge in [0.15, 0.2) is 5.96 Å². The average Bonchev–Trinajstić information content (AvgIpc) is 2.77. The van der Waals surface area contributed by atoms with E-state index < -0.39 is 0 Å². The summed E-state index contributed by atoms with van der Waals surface area (Å²) in [5.41, 5.74) is 5.86. The minimum Gasteiger partial charge on any atom is -0.356 e. The van der Waals surface area contributed by atoms with Crippen LogP contribution in [0.25, 0.3) is 0 Å². The molecule has 0 bridgehead atoms. The summed E-state index contributed by atoms with van der Waals surface area (Å²) in [6, 6.07) is 0.460. The van der Waals surface area contributed by atoms with Gasteiger partial charge in [-0.15, -0.1) is 0 Å². The van der Waals surface area contributed by atoms with E-state index in [1.54, 1.807) is 0 Å². The highest BCUT2D eigenvalue weighted by molar-refractivity contribution is 5.81. The highest BCUT2D eigenvalue weighted by Gasteiger charge is 2.21. The molecule has 2 unspecified atom stereocenters. The number of nitrogens with two attached hydrogens (primary N) is 1. The van der Waals surface area contributed by atoms with E-state index in [2.05, 4.69) is 15.6 Å². The predicted octanol–water partition coefficient (Wildman–Crippen LogP) is 0.0527. The number of aliphatic imine (C=N–C) groups is 1. The van der Waals surface area contributed by atoms with Crippen molar-refractivity contribution in [1.82, 2.24) is 10.6 Å². The zero-order valence-electron chi connectivity index (χ0n) is 8.63. The zero-order valence-corrected chi connectivity index (χ0v) is 8.63. The Morgan fingerprint density at radius 3 is 3.07 bits per heavy atom. The molecule has 1 heterocycles. The fraction of sp³-hybridized carbons (Fsp3) is 0.900. The highest BCUT2D eigenvalue weighted by Crippen LogP contribution is 2.26. The number of rotatable bonds is 3. The van der Waals surface area contributed by atoms with Crippen molar-refractivity contribution in [3.05, 3.63) is 0 Å². The van der Waals surface area contributed by atoms with Crippen LogP contribution < -0.4 is 16.4 Å². The van der Waals surface area contributed by atoms with Crippen LogP contribution in [0.15, 0.2) is 4.99 Å². The fourth-order valence-corrected chi connectivity index (χ4v) is 2.29. The summed E-state index contributed by atoms with van der Waals surface area (Å²) in [5.74, 6) is 1.81. The number of nitrogens with zero attached hydrogens (tertiary/aromatic N) is 1. The lowest BCUT2D eigenvalue weighted by molar-refractivity contribution is 0.491. The molecule has 4 nitrogen and oxygen atoms in total. The van der Waals surface area contributed by atoms with Crippen LogP contribution in [0, 0.1) is 5.92 Å². The van der Waals surface area contributed by atoms with E-state index in [1.165, 1.54) is 25.7 Å². The largest absolute Gasteiger partial charge is 0.356 e. The van der Waals surface area contributed by atoms with Gasteiger partial charge in [0, 0.05) is 19.1 Å². The maximum Gasteiger partial charge on any atom is 0.191 e. The average molecular weight is 196 g/mol. The van der Waals surface area contributed by atoms with E-state index in [0.29, 0.717) is 6.04 Å². The molecule has 1 aliphatic heterocycles. The van der Waals surface area contributed by atoms with Gasteiger partial charge in [-0.1, -0.05) is 0 Å². The molecule has 80 valence electrons. The number of nitrogens with one attached hydrogen (secondary N) is 2. The number of hydrogen-bond acceptors (Lipinski definition) is 4. The van der Waals surface area contributed by atoms with E-state index in [9.17, 15) is 0 Å². The molecular formula is C10H20N4. The van der Waals surface area contributed by atoms with Gasteiger partial charge >= 0.3 is 0 Å². The Balaban J connectivity index is 1.58. The standard InChI is InChI=1S/C10H20N4/c11-9-2-1-8(7-9)3-4-12-10-13-5-6-14-10/h8-9H,1-7,11H2,(H2,12,13,14). The maximum atomic E-state index is 5.86. The molecule has 0 aromatic rings. The Kier molecular flexibility index (Phi) is 3.24. The van der Waals surface area contributed by atoms with E-state index in [4.69, 9.17) is 5.73 Å². The van der Waals surface area contributed by atoms with Gasteiger partial charge in [-0.3, -0.25) is 4.99 Å². The van der Waals surface area contributed by atoms with Crippen LogP contribution in [0.5, 0.6) is 0 Å². The van der Waals surface area contributed by atoms with E-state index >= 15 is 0 Å². The molecule has 0 spiro atoms. The molecule has 4 N–H and O–H groups in total. The topological polar surface area (TPSA) is 62.4 Å². The van der Waals surface area contributed by atoms with Crippen molar-refractivity contribution in [2.75, 3.05) is 19.6 Å². The number of hydrogen-bond donors (Lipinski definition) is 3. The van der Waals surface area contributed by atoms with Gasteiger partial charge < -0.3 is 16.4 Å². The van der Waals surface area contributed by atoms with Crippen LogP contribution in [0.4, 0.5) is 0 Å². The van der Waals surface area contributed by atoms with Gasteiger partial charge in [0.1, 0.15) is 0 Å². The van der Waals surface area contributed by atoms with Crippen molar-refractivity contribution in [2.24, 2.45) is 16.6 Å². The molecular weight excluding hydrogens is 176 g/mol. The molecule has 2 rings (SSSR count). The first-order chi connectivity index (χ1) is 6.84. The quantitative estimate of drug-likeness (QED) is 0.598. The van der Waals surface area contributed by atoms with Crippen molar-refractivity contribution < 1.29 is 0 Å². The number of guanidine groups is 1. The molecule has 1 fully saturated rings. The summed E-state index contributed by atoms with van der Waals surface area (Å²) in [6.45, 7) is 2.93. The highest BCUT2D eigenvalue weighted by atomic mass is 15.2. The van der Waals surface area contributed by atoms with Gasteiger partial charge in [-0.2, -0.15) is 0 Å². The fourth-order valence-electron chi connectivity index (χ4n) is 2.29. The van der Waals surface area contributed by atoms with Crippen molar-refractivity contribution >= 4 is 5.96 Å². The molecule has 1 aliphatic carbocycles. The smallest absolute Gasteiger partial charge is 0.191 e. The molecule has 0 aromatic carbocycles. The van der Waals surface area contributed by atoms with E-state index in [0.717, 1.165) is 31.5 Å². The summed E-state index contributed by atoms with van der Waals surface area (Å²) in [7, 11) is 0. The molecule has 0 aromatic heterocycles. The second kappa shape index (κ2) is 4.64. The SMILES string of the molecule is NC1CCC(CCNC2=NCCN2)C1. The van der Waals surface area contributed by atoms with Crippen molar-refractivity contribution in [2.45, 2.75) is 31.7 Å². The van der Waals surface area contributed by atoms with Crippen molar-refractivity contribution in [3.63, 3.8) is 0 Å². The first kappa shape index (κ1) is 9.77. The normalized spacial score (nSPS) is 31.4. The van der Waals surface area contributed by atoms with Crippen molar-refractivity contribution in [1.29, 1.82) is 0 Å². The monoisotopic (exact) mass is 196 g/mol. The molecule has 0 radical (unpaired) electrons. The Hall–Kier alpha value is -0.770. The van der Waals surface area contributed by atoms with Crippen LogP contribution in [0.2, 0.25) is 0 Å². The third-order valence-corrected chi connectivity index (χ3v) is 3.10. The lowest BCUT2D eigenvalue weighted by atomic mass is 10.0.